The quantitative estimate of drug-likeness (QED) is 0.465. The number of hydrogen-bond acceptors (Lipinski definition) is 5. The van der Waals surface area contributed by atoms with Gasteiger partial charge in [-0.3, -0.25) is 4.79 Å². The van der Waals surface area contributed by atoms with Gasteiger partial charge in [0.15, 0.2) is 11.5 Å². The molecule has 0 bridgehead atoms. The average molecular weight is 390 g/mol. The molecule has 0 spiro atoms. The first kappa shape index (κ1) is 19.9. The molecule has 148 valence electrons. The molecule has 0 saturated carbocycles. The van der Waals surface area contributed by atoms with Crippen molar-refractivity contribution in [3.05, 3.63) is 89.5 Å². The lowest BCUT2D eigenvalue weighted by Gasteiger charge is -2.12. The molecule has 6 nitrogen and oxygen atoms in total. The Labute approximate surface area is 169 Å². The van der Waals surface area contributed by atoms with Gasteiger partial charge in [-0.1, -0.05) is 42.5 Å². The van der Waals surface area contributed by atoms with Crippen molar-refractivity contribution in [3.8, 4) is 17.2 Å². The Morgan fingerprint density at radius 1 is 0.897 bits per heavy atom. The summed E-state index contributed by atoms with van der Waals surface area (Å²) in [4.78, 5) is 12.4. The molecule has 0 radical (unpaired) electrons. The first-order chi connectivity index (χ1) is 14.2. The van der Waals surface area contributed by atoms with Crippen molar-refractivity contribution in [2.75, 3.05) is 14.2 Å². The second-order valence-electron chi connectivity index (χ2n) is 6.08. The smallest absolute Gasteiger partial charge is 0.271 e. The molecule has 0 aliphatic carbocycles. The number of amides is 1. The summed E-state index contributed by atoms with van der Waals surface area (Å²) in [5, 5.41) is 4.00. The summed E-state index contributed by atoms with van der Waals surface area (Å²) in [7, 11) is 3.12. The Bertz CT molecular complexity index is 987. The lowest BCUT2D eigenvalue weighted by Crippen LogP contribution is -2.17. The minimum atomic E-state index is -0.357. The summed E-state index contributed by atoms with van der Waals surface area (Å²) in [5.41, 5.74) is 4.72. The summed E-state index contributed by atoms with van der Waals surface area (Å²) in [6, 6.07) is 22.2. The normalized spacial score (nSPS) is 10.6. The first-order valence-electron chi connectivity index (χ1n) is 9.02. The number of ether oxygens (including phenoxy) is 3. The van der Waals surface area contributed by atoms with Gasteiger partial charge in [0.2, 0.25) is 0 Å². The molecule has 0 saturated heterocycles. The zero-order valence-corrected chi connectivity index (χ0v) is 16.3. The van der Waals surface area contributed by atoms with Gasteiger partial charge in [-0.05, 0) is 35.9 Å². The number of nitrogens with zero attached hydrogens (tertiary/aromatic N) is 1. The van der Waals surface area contributed by atoms with Crippen LogP contribution in [0.4, 0.5) is 0 Å². The number of nitrogens with one attached hydrogen (secondary N) is 1. The van der Waals surface area contributed by atoms with Crippen LogP contribution < -0.4 is 19.6 Å². The summed E-state index contributed by atoms with van der Waals surface area (Å²) in [5.74, 6) is 1.35. The number of hydrogen-bond donors (Lipinski definition) is 1. The van der Waals surface area contributed by atoms with Crippen LogP contribution >= 0.6 is 0 Å². The minimum absolute atomic E-state index is 0.357. The van der Waals surface area contributed by atoms with Crippen LogP contribution in [-0.2, 0) is 6.61 Å². The van der Waals surface area contributed by atoms with E-state index in [1.807, 2.05) is 54.6 Å². The predicted molar refractivity (Wildman–Crippen MR) is 112 cm³/mol. The van der Waals surface area contributed by atoms with Gasteiger partial charge in [-0.25, -0.2) is 5.43 Å². The van der Waals surface area contributed by atoms with Gasteiger partial charge in [-0.2, -0.15) is 5.10 Å². The highest BCUT2D eigenvalue weighted by molar-refractivity contribution is 5.95. The van der Waals surface area contributed by atoms with E-state index in [1.165, 1.54) is 13.3 Å². The molecule has 0 aliphatic rings. The number of carbonyl (C=O) groups excluding carboxylic acids is 1. The van der Waals surface area contributed by atoms with Gasteiger partial charge in [0.1, 0.15) is 12.4 Å². The lowest BCUT2D eigenvalue weighted by atomic mass is 10.2. The summed E-state index contributed by atoms with van der Waals surface area (Å²) in [6.07, 6.45) is 1.53. The van der Waals surface area contributed by atoms with E-state index in [4.69, 9.17) is 14.2 Å². The fourth-order valence-corrected chi connectivity index (χ4v) is 2.66. The molecular weight excluding hydrogens is 368 g/mol. The second-order valence-corrected chi connectivity index (χ2v) is 6.08. The van der Waals surface area contributed by atoms with Crippen molar-refractivity contribution in [2.24, 2.45) is 5.10 Å². The summed E-state index contributed by atoms with van der Waals surface area (Å²) >= 11 is 0. The predicted octanol–water partition coefficient (Wildman–Crippen LogP) is 4.05. The first-order valence-corrected chi connectivity index (χ1v) is 9.02. The van der Waals surface area contributed by atoms with E-state index in [9.17, 15) is 4.79 Å². The number of carbonyl (C=O) groups is 1. The third-order valence-electron chi connectivity index (χ3n) is 4.17. The molecular formula is C23H22N2O4. The van der Waals surface area contributed by atoms with Crippen LogP contribution in [0.3, 0.4) is 0 Å². The number of hydrazone groups is 1. The Kier molecular flexibility index (Phi) is 6.84. The van der Waals surface area contributed by atoms with Crippen LogP contribution in [0, 0.1) is 0 Å². The maximum atomic E-state index is 12.4. The SMILES string of the molecule is COc1ccccc1/C=N/NC(=O)c1ccc(OCc2ccccc2)c(OC)c1. The maximum absolute atomic E-state index is 12.4. The van der Waals surface area contributed by atoms with Crippen LogP contribution in [0.2, 0.25) is 0 Å². The highest BCUT2D eigenvalue weighted by Gasteiger charge is 2.11. The third kappa shape index (κ3) is 5.35. The van der Waals surface area contributed by atoms with Gasteiger partial charge in [0, 0.05) is 11.1 Å². The highest BCUT2D eigenvalue weighted by Crippen LogP contribution is 2.29. The molecule has 0 unspecified atom stereocenters. The Hall–Kier alpha value is -3.80. The Morgan fingerprint density at radius 3 is 2.38 bits per heavy atom. The zero-order chi connectivity index (χ0) is 20.5. The molecule has 0 heterocycles. The molecule has 1 N–H and O–H groups in total. The second kappa shape index (κ2) is 9.94. The van der Waals surface area contributed by atoms with E-state index in [-0.39, 0.29) is 5.91 Å². The number of methoxy groups -OCH3 is 2. The van der Waals surface area contributed by atoms with E-state index in [0.29, 0.717) is 29.4 Å². The molecule has 3 aromatic rings. The van der Waals surface area contributed by atoms with Crippen molar-refractivity contribution in [2.45, 2.75) is 6.61 Å². The number of para-hydroxylation sites is 1. The molecule has 1 amide bonds. The van der Waals surface area contributed by atoms with Crippen molar-refractivity contribution < 1.29 is 19.0 Å². The average Bonchev–Trinajstić information content (AvgIpc) is 2.78. The molecule has 3 aromatic carbocycles. The van der Waals surface area contributed by atoms with Crippen LogP contribution in [0.1, 0.15) is 21.5 Å². The fourth-order valence-electron chi connectivity index (χ4n) is 2.66. The Morgan fingerprint density at radius 2 is 1.62 bits per heavy atom. The minimum Gasteiger partial charge on any atom is -0.496 e. The topological polar surface area (TPSA) is 69.2 Å². The van der Waals surface area contributed by atoms with Crippen molar-refractivity contribution in [1.82, 2.24) is 5.43 Å². The van der Waals surface area contributed by atoms with E-state index < -0.39 is 0 Å². The zero-order valence-electron chi connectivity index (χ0n) is 16.3. The van der Waals surface area contributed by atoms with Gasteiger partial charge in [0.25, 0.3) is 5.91 Å². The van der Waals surface area contributed by atoms with Crippen LogP contribution in [0.15, 0.2) is 77.9 Å². The molecule has 0 aliphatic heterocycles. The number of benzene rings is 3. The van der Waals surface area contributed by atoms with E-state index in [0.717, 1.165) is 11.1 Å². The molecule has 0 atom stereocenters. The highest BCUT2D eigenvalue weighted by atomic mass is 16.5. The number of rotatable bonds is 8. The van der Waals surface area contributed by atoms with Crippen LogP contribution in [0.25, 0.3) is 0 Å². The summed E-state index contributed by atoms with van der Waals surface area (Å²) < 4.78 is 16.4. The lowest BCUT2D eigenvalue weighted by molar-refractivity contribution is 0.0954. The maximum Gasteiger partial charge on any atom is 0.271 e. The molecule has 29 heavy (non-hydrogen) atoms. The molecule has 0 aromatic heterocycles. The van der Waals surface area contributed by atoms with Crippen molar-refractivity contribution in [3.63, 3.8) is 0 Å². The molecule has 0 fully saturated rings. The van der Waals surface area contributed by atoms with Crippen LogP contribution in [0.5, 0.6) is 17.2 Å². The van der Waals surface area contributed by atoms with Crippen molar-refractivity contribution >= 4 is 12.1 Å². The van der Waals surface area contributed by atoms with E-state index >= 15 is 0 Å². The fraction of sp³-hybridized carbons (Fsp3) is 0.130. The Balaban J connectivity index is 1.65. The van der Waals surface area contributed by atoms with Gasteiger partial charge >= 0.3 is 0 Å². The third-order valence-corrected chi connectivity index (χ3v) is 4.17. The van der Waals surface area contributed by atoms with Gasteiger partial charge < -0.3 is 14.2 Å². The standard InChI is InChI=1S/C23H22N2O4/c1-27-20-11-7-6-10-19(20)15-24-25-23(26)18-12-13-21(22(14-18)28-2)29-16-17-8-4-3-5-9-17/h3-15H,16H2,1-2H3,(H,25,26)/b24-15+. The van der Waals surface area contributed by atoms with E-state index in [1.54, 1.807) is 25.3 Å². The monoisotopic (exact) mass is 390 g/mol. The van der Waals surface area contributed by atoms with Gasteiger partial charge in [0.05, 0.1) is 20.4 Å². The summed E-state index contributed by atoms with van der Waals surface area (Å²) in [6.45, 7) is 0.409. The van der Waals surface area contributed by atoms with Crippen molar-refractivity contribution in [1.29, 1.82) is 0 Å². The van der Waals surface area contributed by atoms with Crippen LogP contribution in [-0.4, -0.2) is 26.3 Å². The van der Waals surface area contributed by atoms with E-state index in [2.05, 4.69) is 10.5 Å². The van der Waals surface area contributed by atoms with Gasteiger partial charge in [-0.15, -0.1) is 0 Å². The molecule has 3 rings (SSSR count). The molecule has 6 heteroatoms. The largest absolute Gasteiger partial charge is 0.496 e.